The first kappa shape index (κ1) is 26.6. The van der Waals surface area contributed by atoms with E-state index in [1.165, 1.54) is 26.4 Å². The van der Waals surface area contributed by atoms with Gasteiger partial charge in [0.15, 0.2) is 5.78 Å². The van der Waals surface area contributed by atoms with Gasteiger partial charge in [0, 0.05) is 31.4 Å². The van der Waals surface area contributed by atoms with Gasteiger partial charge in [-0.2, -0.15) is 0 Å². The highest BCUT2D eigenvalue weighted by Crippen LogP contribution is 2.40. The molecule has 9 nitrogen and oxygen atoms in total. The number of carbonyl (C=O) groups is 3. The number of halogens is 1. The summed E-state index contributed by atoms with van der Waals surface area (Å²) in [4.78, 5) is 36.9. The zero-order valence-corrected chi connectivity index (χ0v) is 20.8. The highest BCUT2D eigenvalue weighted by Gasteiger charge is 2.30. The molecule has 0 aromatic heterocycles. The van der Waals surface area contributed by atoms with Crippen molar-refractivity contribution < 1.29 is 42.8 Å². The number of esters is 1. The van der Waals surface area contributed by atoms with E-state index < -0.39 is 35.6 Å². The monoisotopic (exact) mass is 515 g/mol. The van der Waals surface area contributed by atoms with E-state index >= 15 is 0 Å². The van der Waals surface area contributed by atoms with Crippen LogP contribution in [0.4, 0.5) is 4.39 Å². The van der Waals surface area contributed by atoms with E-state index in [0.717, 1.165) is 5.56 Å². The van der Waals surface area contributed by atoms with Crippen LogP contribution in [0, 0.1) is 5.82 Å². The summed E-state index contributed by atoms with van der Waals surface area (Å²) in [7, 11) is 2.71. The Balaban J connectivity index is 1.58. The molecular formula is C27H30FNO8. The number of hydrogen-bond donors (Lipinski definition) is 2. The van der Waals surface area contributed by atoms with Crippen LogP contribution in [0.3, 0.4) is 0 Å². The average molecular weight is 516 g/mol. The lowest BCUT2D eigenvalue weighted by Crippen LogP contribution is -2.48. The smallest absolute Gasteiger partial charge is 0.305 e. The molecule has 2 atom stereocenters. The molecule has 0 radical (unpaired) electrons. The molecule has 1 saturated heterocycles. The summed E-state index contributed by atoms with van der Waals surface area (Å²) in [5.41, 5.74) is 2.22. The fraction of sp³-hybridized carbons (Fsp3) is 0.444. The lowest BCUT2D eigenvalue weighted by atomic mass is 9.95. The molecule has 0 spiro atoms. The number of hydrogen-bond acceptors (Lipinski definition) is 8. The topological polar surface area (TPSA) is 120 Å². The number of Topliss-reactive ketones (excluding diaryl/α,β-unsaturated/α-hetero) is 1. The van der Waals surface area contributed by atoms with Gasteiger partial charge in [-0.1, -0.05) is 6.07 Å². The van der Waals surface area contributed by atoms with Crippen LogP contribution in [0.5, 0.6) is 11.5 Å². The molecular weight excluding hydrogens is 485 g/mol. The highest BCUT2D eigenvalue weighted by molar-refractivity contribution is 5.99. The third kappa shape index (κ3) is 5.91. The molecule has 2 aromatic rings. The number of ketones is 1. The zero-order valence-electron chi connectivity index (χ0n) is 20.8. The summed E-state index contributed by atoms with van der Waals surface area (Å²) in [5, 5.41) is 13.1. The molecule has 0 aliphatic carbocycles. The highest BCUT2D eigenvalue weighted by atomic mass is 19.1. The van der Waals surface area contributed by atoms with Crippen molar-refractivity contribution in [2.24, 2.45) is 0 Å². The van der Waals surface area contributed by atoms with Crippen molar-refractivity contribution in [2.45, 2.75) is 44.2 Å². The van der Waals surface area contributed by atoms with Crippen LogP contribution in [0.2, 0.25) is 0 Å². The molecule has 0 bridgehead atoms. The van der Waals surface area contributed by atoms with Gasteiger partial charge >= 0.3 is 5.97 Å². The van der Waals surface area contributed by atoms with Crippen LogP contribution in [0.1, 0.15) is 56.7 Å². The Bertz CT molecular complexity index is 1200. The maximum absolute atomic E-state index is 14.8. The Hall–Kier alpha value is -3.50. The summed E-state index contributed by atoms with van der Waals surface area (Å²) >= 11 is 0. The van der Waals surface area contributed by atoms with Gasteiger partial charge in [-0.05, 0) is 35.7 Å². The molecule has 0 saturated carbocycles. The van der Waals surface area contributed by atoms with E-state index in [2.05, 4.69) is 10.1 Å². The second-order valence-corrected chi connectivity index (χ2v) is 9.02. The van der Waals surface area contributed by atoms with Gasteiger partial charge in [0.25, 0.3) is 5.91 Å². The standard InChI is InChI=1S/C27H30FNO8/c1-34-24(32)6-5-22(30)17-4-3-15(12-20(17)28)11-16-13-19(26(35-2)18-7-10-37-25(16)18)27(33)29-21-8-9-36-14-23(21)31/h3-4,12-13,21,23,31H,5-11,14H2,1-2H3,(H,29,33)/t21-,23-/m0/s1. The lowest BCUT2D eigenvalue weighted by Gasteiger charge is -2.28. The van der Waals surface area contributed by atoms with Gasteiger partial charge in [0.05, 0.1) is 57.1 Å². The number of methoxy groups -OCH3 is 2. The fourth-order valence-corrected chi connectivity index (χ4v) is 4.66. The number of aliphatic hydroxyl groups excluding tert-OH is 1. The van der Waals surface area contributed by atoms with E-state index in [1.807, 2.05) is 0 Å². The Kier molecular flexibility index (Phi) is 8.40. The number of rotatable bonds is 9. The normalized spacial score (nSPS) is 18.5. The van der Waals surface area contributed by atoms with E-state index in [1.54, 1.807) is 12.1 Å². The lowest BCUT2D eigenvalue weighted by molar-refractivity contribution is -0.140. The molecule has 0 unspecified atom stereocenters. The van der Waals surface area contributed by atoms with Crippen molar-refractivity contribution in [1.82, 2.24) is 5.32 Å². The number of fused-ring (bicyclic) bond motifs is 1. The number of aliphatic hydroxyl groups is 1. The van der Waals surface area contributed by atoms with E-state index in [4.69, 9.17) is 14.2 Å². The molecule has 2 heterocycles. The first-order valence-electron chi connectivity index (χ1n) is 12.1. The number of amides is 1. The second kappa shape index (κ2) is 11.7. The SMILES string of the molecule is COC(=O)CCC(=O)c1ccc(Cc2cc(C(=O)N[C@H]3CCOC[C@@H]3O)c(OC)c3c2OCC3)cc1F. The quantitative estimate of drug-likeness (QED) is 0.386. The average Bonchev–Trinajstić information content (AvgIpc) is 3.38. The largest absolute Gasteiger partial charge is 0.495 e. The molecule has 2 N–H and O–H groups in total. The first-order valence-corrected chi connectivity index (χ1v) is 12.1. The van der Waals surface area contributed by atoms with Gasteiger partial charge in [-0.15, -0.1) is 0 Å². The molecule has 10 heteroatoms. The van der Waals surface area contributed by atoms with E-state index in [0.29, 0.717) is 54.2 Å². The number of ether oxygens (including phenoxy) is 4. The molecule has 2 aliphatic heterocycles. The van der Waals surface area contributed by atoms with Gasteiger partial charge in [-0.3, -0.25) is 14.4 Å². The summed E-state index contributed by atoms with van der Waals surface area (Å²) in [6.07, 6.45) is 0.206. The molecule has 198 valence electrons. The minimum Gasteiger partial charge on any atom is -0.495 e. The number of benzene rings is 2. The van der Waals surface area contributed by atoms with Gasteiger partial charge in [0.1, 0.15) is 17.3 Å². The summed E-state index contributed by atoms with van der Waals surface area (Å²) in [6, 6.07) is 5.52. The zero-order chi connectivity index (χ0) is 26.5. The Labute approximate surface area is 213 Å². The van der Waals surface area contributed by atoms with E-state index in [-0.39, 0.29) is 31.4 Å². The van der Waals surface area contributed by atoms with Crippen LogP contribution in [-0.4, -0.2) is 69.0 Å². The van der Waals surface area contributed by atoms with Crippen molar-refractivity contribution in [3.63, 3.8) is 0 Å². The number of nitrogens with one attached hydrogen (secondary N) is 1. The van der Waals surface area contributed by atoms with Crippen molar-refractivity contribution in [3.05, 3.63) is 57.9 Å². The summed E-state index contributed by atoms with van der Waals surface area (Å²) < 4.78 is 36.0. The molecule has 37 heavy (non-hydrogen) atoms. The molecule has 2 aromatic carbocycles. The third-order valence-electron chi connectivity index (χ3n) is 6.61. The predicted octanol–water partition coefficient (Wildman–Crippen LogP) is 2.38. The minimum atomic E-state index is -0.808. The fourth-order valence-electron chi connectivity index (χ4n) is 4.66. The van der Waals surface area contributed by atoms with Gasteiger partial charge in [-0.25, -0.2) is 4.39 Å². The Morgan fingerprint density at radius 2 is 1.95 bits per heavy atom. The van der Waals surface area contributed by atoms with Crippen molar-refractivity contribution >= 4 is 17.7 Å². The van der Waals surface area contributed by atoms with Crippen LogP contribution < -0.4 is 14.8 Å². The number of carbonyl (C=O) groups excluding carboxylic acids is 3. The van der Waals surface area contributed by atoms with Gasteiger partial charge < -0.3 is 29.4 Å². The molecule has 1 amide bonds. The van der Waals surface area contributed by atoms with Crippen molar-refractivity contribution in [3.8, 4) is 11.5 Å². The van der Waals surface area contributed by atoms with Crippen LogP contribution in [-0.2, 0) is 27.1 Å². The van der Waals surface area contributed by atoms with Crippen LogP contribution >= 0.6 is 0 Å². The van der Waals surface area contributed by atoms with Crippen LogP contribution in [0.25, 0.3) is 0 Å². The first-order chi connectivity index (χ1) is 17.8. The van der Waals surface area contributed by atoms with Crippen molar-refractivity contribution in [2.75, 3.05) is 34.0 Å². The maximum Gasteiger partial charge on any atom is 0.305 e. The molecule has 2 aliphatic rings. The third-order valence-corrected chi connectivity index (χ3v) is 6.61. The predicted molar refractivity (Wildman–Crippen MR) is 130 cm³/mol. The maximum atomic E-state index is 14.8. The van der Waals surface area contributed by atoms with Crippen LogP contribution in [0.15, 0.2) is 24.3 Å². The molecule has 4 rings (SSSR count). The second-order valence-electron chi connectivity index (χ2n) is 9.02. The van der Waals surface area contributed by atoms with E-state index in [9.17, 15) is 23.9 Å². The summed E-state index contributed by atoms with van der Waals surface area (Å²) in [6.45, 7) is 1.01. The molecule has 1 fully saturated rings. The van der Waals surface area contributed by atoms with Gasteiger partial charge in [0.2, 0.25) is 0 Å². The van der Waals surface area contributed by atoms with Crippen molar-refractivity contribution in [1.29, 1.82) is 0 Å². The Morgan fingerprint density at radius 1 is 1.14 bits per heavy atom. The summed E-state index contributed by atoms with van der Waals surface area (Å²) in [5.74, 6) is -1.10. The minimum absolute atomic E-state index is 0.0982. The Morgan fingerprint density at radius 3 is 2.65 bits per heavy atom.